The molecule has 140 valence electrons. The van der Waals surface area contributed by atoms with Gasteiger partial charge in [0.05, 0.1) is 16.3 Å². The van der Waals surface area contributed by atoms with Crippen LogP contribution in [-0.2, 0) is 6.42 Å². The second kappa shape index (κ2) is 6.60. The van der Waals surface area contributed by atoms with Crippen molar-refractivity contribution in [3.05, 3.63) is 76.3 Å². The summed E-state index contributed by atoms with van der Waals surface area (Å²) < 4.78 is 1.95. The van der Waals surface area contributed by atoms with E-state index in [1.165, 1.54) is 22.5 Å². The summed E-state index contributed by atoms with van der Waals surface area (Å²) in [7, 11) is 0. The fourth-order valence-corrected chi connectivity index (χ4v) is 5.02. The van der Waals surface area contributed by atoms with E-state index < -0.39 is 0 Å². The number of aryl methyl sites for hydroxylation is 3. The largest absolute Gasteiger partial charge is 0.307 e. The summed E-state index contributed by atoms with van der Waals surface area (Å²) >= 11 is 1.53. The zero-order chi connectivity index (χ0) is 19.3. The molecule has 28 heavy (non-hydrogen) atoms. The van der Waals surface area contributed by atoms with Crippen molar-refractivity contribution in [1.82, 2.24) is 9.78 Å². The maximum absolute atomic E-state index is 13.3. The van der Waals surface area contributed by atoms with Gasteiger partial charge in [-0.05, 0) is 56.5 Å². The van der Waals surface area contributed by atoms with E-state index in [0.29, 0.717) is 0 Å². The number of rotatable bonds is 2. The first-order chi connectivity index (χ1) is 13.6. The van der Waals surface area contributed by atoms with Crippen LogP contribution in [0.4, 0.5) is 5.69 Å². The fourth-order valence-electron chi connectivity index (χ4n) is 3.89. The van der Waals surface area contributed by atoms with Gasteiger partial charge in [-0.15, -0.1) is 11.3 Å². The van der Waals surface area contributed by atoms with Crippen LogP contribution in [0.1, 0.15) is 32.9 Å². The quantitative estimate of drug-likeness (QED) is 0.468. The number of carbonyl (C=O) groups is 1. The van der Waals surface area contributed by atoms with E-state index in [1.54, 1.807) is 0 Å². The number of benzene rings is 2. The van der Waals surface area contributed by atoms with Gasteiger partial charge in [-0.1, -0.05) is 35.9 Å². The summed E-state index contributed by atoms with van der Waals surface area (Å²) in [5.41, 5.74) is 5.49. The molecule has 0 aliphatic carbocycles. The van der Waals surface area contributed by atoms with E-state index in [-0.39, 0.29) is 5.91 Å². The van der Waals surface area contributed by atoms with Crippen LogP contribution in [0.15, 0.2) is 54.6 Å². The van der Waals surface area contributed by atoms with Crippen molar-refractivity contribution < 1.29 is 4.79 Å². The molecule has 1 aliphatic rings. The third-order valence-electron chi connectivity index (χ3n) is 5.39. The Balaban J connectivity index is 1.57. The Morgan fingerprint density at radius 3 is 2.68 bits per heavy atom. The molecule has 0 unspecified atom stereocenters. The zero-order valence-corrected chi connectivity index (χ0v) is 16.8. The first-order valence-corrected chi connectivity index (χ1v) is 10.4. The molecule has 4 nitrogen and oxygen atoms in total. The number of anilines is 1. The highest BCUT2D eigenvalue weighted by Gasteiger charge is 2.26. The van der Waals surface area contributed by atoms with Crippen molar-refractivity contribution in [3.8, 4) is 5.69 Å². The molecule has 5 rings (SSSR count). The summed E-state index contributed by atoms with van der Waals surface area (Å²) in [5.74, 6) is 0.0863. The van der Waals surface area contributed by atoms with Crippen LogP contribution in [0.5, 0.6) is 0 Å². The summed E-state index contributed by atoms with van der Waals surface area (Å²) in [6, 6.07) is 18.6. The second-order valence-electron chi connectivity index (χ2n) is 7.35. The van der Waals surface area contributed by atoms with Crippen LogP contribution in [0.25, 0.3) is 15.9 Å². The van der Waals surface area contributed by atoms with Crippen LogP contribution < -0.4 is 4.90 Å². The Kier molecular flexibility index (Phi) is 4.05. The number of hydrogen-bond acceptors (Lipinski definition) is 3. The Hall–Kier alpha value is -2.92. The zero-order valence-electron chi connectivity index (χ0n) is 16.0. The smallest absolute Gasteiger partial charge is 0.268 e. The van der Waals surface area contributed by atoms with Crippen molar-refractivity contribution >= 4 is 33.1 Å². The molecule has 0 saturated carbocycles. The predicted molar refractivity (Wildman–Crippen MR) is 115 cm³/mol. The molecule has 3 heterocycles. The summed E-state index contributed by atoms with van der Waals surface area (Å²) in [6.07, 6.45) is 2.04. The van der Waals surface area contributed by atoms with Gasteiger partial charge in [-0.25, -0.2) is 4.68 Å². The van der Waals surface area contributed by atoms with Gasteiger partial charge < -0.3 is 4.90 Å². The first kappa shape index (κ1) is 17.2. The Bertz CT molecular complexity index is 1190. The van der Waals surface area contributed by atoms with Gasteiger partial charge in [0.25, 0.3) is 5.91 Å². The lowest BCUT2D eigenvalue weighted by Crippen LogP contribution is -2.34. The average molecular weight is 388 g/mol. The van der Waals surface area contributed by atoms with Crippen LogP contribution in [-0.4, -0.2) is 22.2 Å². The van der Waals surface area contributed by atoms with Gasteiger partial charge in [-0.2, -0.15) is 5.10 Å². The molecule has 0 spiro atoms. The minimum Gasteiger partial charge on any atom is -0.307 e. The van der Waals surface area contributed by atoms with Gasteiger partial charge >= 0.3 is 0 Å². The molecule has 2 aromatic carbocycles. The SMILES string of the molecule is Cc1ccc(-n2nc(C)c3cc(C(=O)N4CCCc5ccccc54)sc32)cc1. The van der Waals surface area contributed by atoms with E-state index in [2.05, 4.69) is 43.3 Å². The highest BCUT2D eigenvalue weighted by atomic mass is 32.1. The molecule has 1 aliphatic heterocycles. The van der Waals surface area contributed by atoms with Crippen LogP contribution in [0.2, 0.25) is 0 Å². The van der Waals surface area contributed by atoms with Gasteiger partial charge in [-0.3, -0.25) is 4.79 Å². The molecule has 4 aromatic rings. The number of nitrogens with zero attached hydrogens (tertiary/aromatic N) is 3. The van der Waals surface area contributed by atoms with E-state index in [1.807, 2.05) is 34.7 Å². The molecule has 5 heteroatoms. The molecule has 0 saturated heterocycles. The van der Waals surface area contributed by atoms with Gasteiger partial charge in [0, 0.05) is 17.6 Å². The number of para-hydroxylation sites is 1. The highest BCUT2D eigenvalue weighted by Crippen LogP contribution is 2.34. The standard InChI is InChI=1S/C23H21N3OS/c1-15-9-11-18(12-10-15)26-23-19(16(2)24-26)14-21(28-23)22(27)25-13-5-7-17-6-3-4-8-20(17)25/h3-4,6,8-12,14H,5,7,13H2,1-2H3. The third kappa shape index (κ3) is 2.74. The van der Waals surface area contributed by atoms with Gasteiger partial charge in [0.2, 0.25) is 0 Å². The van der Waals surface area contributed by atoms with Gasteiger partial charge in [0.15, 0.2) is 0 Å². The number of amides is 1. The molecule has 0 fully saturated rings. The maximum Gasteiger partial charge on any atom is 0.268 e. The number of carbonyl (C=O) groups excluding carboxylic acids is 1. The van der Waals surface area contributed by atoms with Crippen molar-refractivity contribution in [1.29, 1.82) is 0 Å². The summed E-state index contributed by atoms with van der Waals surface area (Å²) in [4.78, 5) is 17.1. The molecule has 1 amide bonds. The van der Waals surface area contributed by atoms with Crippen molar-refractivity contribution in [2.45, 2.75) is 26.7 Å². The topological polar surface area (TPSA) is 38.1 Å². The van der Waals surface area contributed by atoms with Crippen molar-refractivity contribution in [2.24, 2.45) is 0 Å². The molecular formula is C23H21N3OS. The van der Waals surface area contributed by atoms with Gasteiger partial charge in [0.1, 0.15) is 4.83 Å². The molecule has 0 atom stereocenters. The number of aromatic nitrogens is 2. The molecule has 2 aromatic heterocycles. The maximum atomic E-state index is 13.3. The third-order valence-corrected chi connectivity index (χ3v) is 6.49. The minimum atomic E-state index is 0.0863. The van der Waals surface area contributed by atoms with Crippen LogP contribution in [0.3, 0.4) is 0 Å². The average Bonchev–Trinajstić information content (AvgIpc) is 3.28. The minimum absolute atomic E-state index is 0.0863. The summed E-state index contributed by atoms with van der Waals surface area (Å²) in [5, 5.41) is 5.76. The molecular weight excluding hydrogens is 366 g/mol. The molecule has 0 bridgehead atoms. The lowest BCUT2D eigenvalue weighted by molar-refractivity contribution is 0.0989. The Morgan fingerprint density at radius 2 is 1.86 bits per heavy atom. The van der Waals surface area contributed by atoms with Crippen LogP contribution >= 0.6 is 11.3 Å². The van der Waals surface area contributed by atoms with Crippen molar-refractivity contribution in [2.75, 3.05) is 11.4 Å². The Morgan fingerprint density at radius 1 is 1.07 bits per heavy atom. The lowest BCUT2D eigenvalue weighted by atomic mass is 10.0. The van der Waals surface area contributed by atoms with E-state index in [0.717, 1.165) is 51.5 Å². The number of thiophene rings is 1. The Labute approximate surface area is 168 Å². The normalized spacial score (nSPS) is 13.7. The van der Waals surface area contributed by atoms with E-state index in [9.17, 15) is 4.79 Å². The number of fused-ring (bicyclic) bond motifs is 2. The summed E-state index contributed by atoms with van der Waals surface area (Å²) in [6.45, 7) is 4.85. The second-order valence-corrected chi connectivity index (χ2v) is 8.38. The van der Waals surface area contributed by atoms with E-state index in [4.69, 9.17) is 5.10 Å². The molecule has 0 radical (unpaired) electrons. The van der Waals surface area contributed by atoms with Crippen molar-refractivity contribution in [3.63, 3.8) is 0 Å². The monoisotopic (exact) mass is 387 g/mol. The lowest BCUT2D eigenvalue weighted by Gasteiger charge is -2.29. The highest BCUT2D eigenvalue weighted by molar-refractivity contribution is 7.20. The van der Waals surface area contributed by atoms with E-state index >= 15 is 0 Å². The number of hydrogen-bond donors (Lipinski definition) is 0. The van der Waals surface area contributed by atoms with Crippen LogP contribution in [0, 0.1) is 13.8 Å². The predicted octanol–water partition coefficient (Wildman–Crippen LogP) is 5.30. The molecule has 0 N–H and O–H groups in total. The fraction of sp³-hybridized carbons (Fsp3) is 0.217. The first-order valence-electron chi connectivity index (χ1n) is 9.58.